The SMILES string of the molecule is CCOC=O.Cc1[nH]c2c(=O)n(CC3CC3)cc(Br)c2c1C. The summed E-state index contributed by atoms with van der Waals surface area (Å²) in [6, 6.07) is 0. The molecule has 2 aromatic heterocycles. The first-order chi connectivity index (χ1) is 10.5. The Morgan fingerprint density at radius 2 is 2.14 bits per heavy atom. The Balaban J connectivity index is 0.000000309. The molecule has 6 heteroatoms. The van der Waals surface area contributed by atoms with Crippen LogP contribution in [-0.2, 0) is 16.1 Å². The maximum Gasteiger partial charge on any atom is 0.293 e. The van der Waals surface area contributed by atoms with Crippen molar-refractivity contribution in [2.24, 2.45) is 5.92 Å². The van der Waals surface area contributed by atoms with Gasteiger partial charge in [-0.15, -0.1) is 0 Å². The summed E-state index contributed by atoms with van der Waals surface area (Å²) in [6.07, 6.45) is 4.44. The number of rotatable bonds is 4. The van der Waals surface area contributed by atoms with E-state index < -0.39 is 0 Å². The van der Waals surface area contributed by atoms with Crippen LogP contribution < -0.4 is 5.56 Å². The van der Waals surface area contributed by atoms with E-state index in [1.165, 1.54) is 12.8 Å². The van der Waals surface area contributed by atoms with E-state index in [9.17, 15) is 9.59 Å². The molecule has 0 amide bonds. The van der Waals surface area contributed by atoms with Crippen molar-refractivity contribution in [3.05, 3.63) is 32.3 Å². The molecule has 1 saturated carbocycles. The number of ether oxygens (including phenoxy) is 1. The molecule has 0 unspecified atom stereocenters. The number of hydrogen-bond acceptors (Lipinski definition) is 3. The Kier molecular flexibility index (Phi) is 5.45. The summed E-state index contributed by atoms with van der Waals surface area (Å²) in [4.78, 5) is 24.7. The van der Waals surface area contributed by atoms with Gasteiger partial charge >= 0.3 is 0 Å². The molecule has 0 aromatic carbocycles. The van der Waals surface area contributed by atoms with Crippen molar-refractivity contribution in [3.63, 3.8) is 0 Å². The molecule has 3 rings (SSSR count). The van der Waals surface area contributed by atoms with Crippen LogP contribution in [0.2, 0.25) is 0 Å². The third-order valence-electron chi connectivity index (χ3n) is 3.87. The summed E-state index contributed by atoms with van der Waals surface area (Å²) in [6.45, 7) is 7.57. The van der Waals surface area contributed by atoms with Crippen molar-refractivity contribution in [1.29, 1.82) is 0 Å². The highest BCUT2D eigenvalue weighted by molar-refractivity contribution is 9.10. The summed E-state index contributed by atoms with van der Waals surface area (Å²) in [5.74, 6) is 0.703. The first-order valence-electron chi connectivity index (χ1n) is 7.42. The monoisotopic (exact) mass is 368 g/mol. The summed E-state index contributed by atoms with van der Waals surface area (Å²) < 4.78 is 6.99. The number of aryl methyl sites for hydroxylation is 2. The van der Waals surface area contributed by atoms with Crippen LogP contribution in [0.1, 0.15) is 31.0 Å². The number of carbonyl (C=O) groups excluding carboxylic acids is 1. The summed E-state index contributed by atoms with van der Waals surface area (Å²) in [7, 11) is 0. The lowest BCUT2D eigenvalue weighted by Crippen LogP contribution is -2.20. The molecule has 2 heterocycles. The molecule has 120 valence electrons. The number of pyridine rings is 1. The summed E-state index contributed by atoms with van der Waals surface area (Å²) >= 11 is 3.58. The summed E-state index contributed by atoms with van der Waals surface area (Å²) in [5.41, 5.74) is 3.06. The lowest BCUT2D eigenvalue weighted by molar-refractivity contribution is -0.128. The number of H-pyrrole nitrogens is 1. The van der Waals surface area contributed by atoms with E-state index in [1.807, 2.05) is 24.6 Å². The van der Waals surface area contributed by atoms with Crippen LogP contribution in [0.5, 0.6) is 0 Å². The maximum absolute atomic E-state index is 12.3. The van der Waals surface area contributed by atoms with E-state index in [-0.39, 0.29) is 5.56 Å². The Morgan fingerprint density at radius 1 is 1.45 bits per heavy atom. The maximum atomic E-state index is 12.3. The van der Waals surface area contributed by atoms with Crippen molar-refractivity contribution >= 4 is 33.3 Å². The van der Waals surface area contributed by atoms with Gasteiger partial charge in [-0.1, -0.05) is 0 Å². The number of carbonyl (C=O) groups is 1. The second-order valence-electron chi connectivity index (χ2n) is 5.55. The fourth-order valence-electron chi connectivity index (χ4n) is 2.36. The molecule has 1 aliphatic carbocycles. The highest BCUT2D eigenvalue weighted by Gasteiger charge is 2.23. The highest BCUT2D eigenvalue weighted by Crippen LogP contribution is 2.31. The Labute approximate surface area is 137 Å². The van der Waals surface area contributed by atoms with Crippen LogP contribution in [0.3, 0.4) is 0 Å². The van der Waals surface area contributed by atoms with Crippen LogP contribution in [0, 0.1) is 19.8 Å². The van der Waals surface area contributed by atoms with E-state index >= 15 is 0 Å². The lowest BCUT2D eigenvalue weighted by Gasteiger charge is -2.06. The minimum absolute atomic E-state index is 0.103. The Morgan fingerprint density at radius 3 is 2.64 bits per heavy atom. The fourth-order valence-corrected chi connectivity index (χ4v) is 3.11. The summed E-state index contributed by atoms with van der Waals surface area (Å²) in [5, 5.41) is 1.03. The predicted molar refractivity (Wildman–Crippen MR) is 90.1 cm³/mol. The smallest absolute Gasteiger partial charge is 0.293 e. The zero-order valence-corrected chi connectivity index (χ0v) is 14.7. The molecule has 0 spiro atoms. The molecule has 1 N–H and O–H groups in total. The number of nitrogens with zero attached hydrogens (tertiary/aromatic N) is 1. The quantitative estimate of drug-likeness (QED) is 0.842. The van der Waals surface area contributed by atoms with Crippen molar-refractivity contribution in [3.8, 4) is 0 Å². The van der Waals surface area contributed by atoms with Gasteiger partial charge in [-0.25, -0.2) is 0 Å². The van der Waals surface area contributed by atoms with E-state index in [0.717, 1.165) is 33.2 Å². The second-order valence-corrected chi connectivity index (χ2v) is 6.41. The minimum atomic E-state index is 0.103. The number of aromatic nitrogens is 2. The average Bonchev–Trinajstić information content (AvgIpc) is 3.23. The molecule has 0 bridgehead atoms. The molecule has 0 radical (unpaired) electrons. The van der Waals surface area contributed by atoms with E-state index in [2.05, 4.69) is 25.7 Å². The minimum Gasteiger partial charge on any atom is -0.468 e. The van der Waals surface area contributed by atoms with Gasteiger partial charge < -0.3 is 14.3 Å². The standard InChI is InChI=1S/C13H15BrN2O.C3H6O2/c1-7-8(2)15-12-11(7)10(14)6-16(13(12)17)5-9-3-4-9;1-2-5-3-4/h6,9,15H,3-5H2,1-2H3;3H,2H2,1H3. The lowest BCUT2D eigenvalue weighted by atomic mass is 10.2. The predicted octanol–water partition coefficient (Wildman–Crippen LogP) is 3.30. The number of halogens is 1. The van der Waals surface area contributed by atoms with Gasteiger partial charge in [0.2, 0.25) is 0 Å². The second kappa shape index (κ2) is 7.13. The average molecular weight is 369 g/mol. The van der Waals surface area contributed by atoms with E-state index in [1.54, 1.807) is 6.92 Å². The normalized spacial score (nSPS) is 13.6. The molecule has 1 fully saturated rings. The molecule has 0 saturated heterocycles. The molecular formula is C16H21BrN2O3. The van der Waals surface area contributed by atoms with Crippen LogP contribution in [0.15, 0.2) is 15.5 Å². The number of nitrogens with one attached hydrogen (secondary N) is 1. The van der Waals surface area contributed by atoms with Crippen molar-refractivity contribution < 1.29 is 9.53 Å². The molecule has 2 aromatic rings. The van der Waals surface area contributed by atoms with Crippen molar-refractivity contribution in [2.75, 3.05) is 6.61 Å². The fraction of sp³-hybridized carbons (Fsp3) is 0.500. The zero-order chi connectivity index (χ0) is 16.3. The van der Waals surface area contributed by atoms with E-state index in [4.69, 9.17) is 0 Å². The highest BCUT2D eigenvalue weighted by atomic mass is 79.9. The van der Waals surface area contributed by atoms with Gasteiger partial charge in [0.05, 0.1) is 6.61 Å². The third kappa shape index (κ3) is 3.61. The first-order valence-corrected chi connectivity index (χ1v) is 8.21. The molecule has 0 atom stereocenters. The molecule has 5 nitrogen and oxygen atoms in total. The van der Waals surface area contributed by atoms with Gasteiger partial charge in [-0.05, 0) is 61.0 Å². The molecule has 22 heavy (non-hydrogen) atoms. The van der Waals surface area contributed by atoms with Gasteiger partial charge in [0, 0.05) is 28.3 Å². The van der Waals surface area contributed by atoms with Crippen molar-refractivity contribution in [1.82, 2.24) is 9.55 Å². The van der Waals surface area contributed by atoms with Gasteiger partial charge in [0.25, 0.3) is 12.0 Å². The van der Waals surface area contributed by atoms with Crippen LogP contribution in [-0.4, -0.2) is 22.6 Å². The van der Waals surface area contributed by atoms with Gasteiger partial charge in [-0.2, -0.15) is 0 Å². The topological polar surface area (TPSA) is 64.1 Å². The number of fused-ring (bicyclic) bond motifs is 1. The van der Waals surface area contributed by atoms with Crippen LogP contribution in [0.4, 0.5) is 0 Å². The Hall–Kier alpha value is -1.56. The molecular weight excluding hydrogens is 348 g/mol. The molecule has 0 aliphatic heterocycles. The number of aromatic amines is 1. The Bertz CT molecular complexity index is 729. The van der Waals surface area contributed by atoms with Crippen LogP contribution in [0.25, 0.3) is 10.9 Å². The van der Waals surface area contributed by atoms with Gasteiger partial charge in [0.15, 0.2) is 0 Å². The van der Waals surface area contributed by atoms with Gasteiger partial charge in [-0.3, -0.25) is 9.59 Å². The van der Waals surface area contributed by atoms with Crippen LogP contribution >= 0.6 is 15.9 Å². The third-order valence-corrected chi connectivity index (χ3v) is 4.47. The first kappa shape index (κ1) is 16.8. The largest absolute Gasteiger partial charge is 0.468 e. The number of hydrogen-bond donors (Lipinski definition) is 1. The molecule has 1 aliphatic rings. The zero-order valence-electron chi connectivity index (χ0n) is 13.1. The van der Waals surface area contributed by atoms with E-state index in [0.29, 0.717) is 19.0 Å². The van der Waals surface area contributed by atoms with Crippen molar-refractivity contribution in [2.45, 2.75) is 40.2 Å². The van der Waals surface area contributed by atoms with Gasteiger partial charge in [0.1, 0.15) is 5.52 Å².